The van der Waals surface area contributed by atoms with Crippen LogP contribution in [0.5, 0.6) is 5.75 Å². The molecule has 1 aliphatic heterocycles. The van der Waals surface area contributed by atoms with Gasteiger partial charge >= 0.3 is 11.7 Å². The van der Waals surface area contributed by atoms with Crippen molar-refractivity contribution in [2.45, 2.75) is 19.1 Å². The molecule has 0 radical (unpaired) electrons. The van der Waals surface area contributed by atoms with E-state index in [2.05, 4.69) is 9.72 Å². The zero-order valence-corrected chi connectivity index (χ0v) is 17.6. The average Bonchev–Trinajstić information content (AvgIpc) is 3.15. The fourth-order valence-electron chi connectivity index (χ4n) is 3.55. The smallest absolute Gasteiger partial charge is 0.419 e. The van der Waals surface area contributed by atoms with Gasteiger partial charge in [-0.05, 0) is 18.2 Å². The number of morpholine rings is 1. The predicted octanol–water partition coefficient (Wildman–Crippen LogP) is 1.47. The van der Waals surface area contributed by atoms with Crippen LogP contribution in [0.4, 0.5) is 0 Å². The number of aromatic nitrogens is 2. The van der Waals surface area contributed by atoms with Gasteiger partial charge in [0.15, 0.2) is 5.58 Å². The highest BCUT2D eigenvalue weighted by molar-refractivity contribution is 5.89. The predicted molar refractivity (Wildman–Crippen MR) is 112 cm³/mol. The number of oxazole rings is 1. The molecule has 0 aliphatic carbocycles. The molecule has 1 aliphatic rings. The van der Waals surface area contributed by atoms with Gasteiger partial charge in [0.2, 0.25) is 5.91 Å². The first-order valence-corrected chi connectivity index (χ1v) is 10.2. The van der Waals surface area contributed by atoms with Crippen LogP contribution in [0.25, 0.3) is 11.1 Å². The number of carbonyl (C=O) groups is 2. The van der Waals surface area contributed by atoms with E-state index in [1.165, 1.54) is 30.1 Å². The molecule has 1 saturated heterocycles. The van der Waals surface area contributed by atoms with Crippen LogP contribution in [0.2, 0.25) is 0 Å². The van der Waals surface area contributed by atoms with Crippen molar-refractivity contribution >= 4 is 23.0 Å². The number of esters is 1. The van der Waals surface area contributed by atoms with Crippen molar-refractivity contribution < 1.29 is 28.2 Å². The summed E-state index contributed by atoms with van der Waals surface area (Å²) in [5, 5.41) is 0. The molecule has 10 heteroatoms. The average molecular weight is 441 g/mol. The van der Waals surface area contributed by atoms with Crippen LogP contribution in [-0.4, -0.2) is 65.8 Å². The first-order valence-electron chi connectivity index (χ1n) is 10.2. The summed E-state index contributed by atoms with van der Waals surface area (Å²) >= 11 is 0. The molecule has 0 N–H and O–H groups in total. The Hall–Kier alpha value is -3.66. The summed E-state index contributed by atoms with van der Waals surface area (Å²) in [5.74, 6) is -0.649. The van der Waals surface area contributed by atoms with Crippen molar-refractivity contribution in [2.75, 3.05) is 33.4 Å². The lowest BCUT2D eigenvalue weighted by Crippen LogP contribution is -2.47. The van der Waals surface area contributed by atoms with Crippen LogP contribution in [0.3, 0.4) is 0 Å². The highest BCUT2D eigenvalue weighted by atomic mass is 16.5. The SMILES string of the molecule is COC(=O)c1cncc(OCC2CN(C(=O)CCn3c(=O)oc4ccccc43)CCO2)c1. The maximum Gasteiger partial charge on any atom is 0.419 e. The number of carbonyl (C=O) groups excluding carboxylic acids is 2. The van der Waals surface area contributed by atoms with Gasteiger partial charge in [-0.1, -0.05) is 12.1 Å². The normalized spacial score (nSPS) is 16.2. The Labute approximate surface area is 183 Å². The number of pyridine rings is 1. The molecule has 0 bridgehead atoms. The van der Waals surface area contributed by atoms with Crippen molar-refractivity contribution in [1.82, 2.24) is 14.5 Å². The molecular formula is C22H23N3O7. The van der Waals surface area contributed by atoms with E-state index >= 15 is 0 Å². The Morgan fingerprint density at radius 3 is 2.94 bits per heavy atom. The molecule has 32 heavy (non-hydrogen) atoms. The van der Waals surface area contributed by atoms with Crippen LogP contribution in [0.1, 0.15) is 16.8 Å². The Morgan fingerprint density at radius 2 is 2.09 bits per heavy atom. The highest BCUT2D eigenvalue weighted by Crippen LogP contribution is 2.16. The van der Waals surface area contributed by atoms with Gasteiger partial charge < -0.3 is 23.5 Å². The molecule has 3 aromatic rings. The number of aryl methyl sites for hydroxylation is 1. The number of para-hydroxylation sites is 2. The molecule has 4 rings (SSSR count). The summed E-state index contributed by atoms with van der Waals surface area (Å²) in [7, 11) is 1.29. The van der Waals surface area contributed by atoms with Crippen molar-refractivity contribution in [3.05, 3.63) is 58.8 Å². The van der Waals surface area contributed by atoms with Gasteiger partial charge in [0.1, 0.15) is 18.5 Å². The van der Waals surface area contributed by atoms with Gasteiger partial charge in [-0.15, -0.1) is 0 Å². The number of rotatable bonds is 7. The Morgan fingerprint density at radius 1 is 1.25 bits per heavy atom. The highest BCUT2D eigenvalue weighted by Gasteiger charge is 2.25. The molecule has 1 fully saturated rings. The standard InChI is InChI=1S/C22H23N3O7/c1-29-21(27)15-10-16(12-23-11-15)31-14-17-13-24(8-9-30-17)20(26)6-7-25-18-4-2-3-5-19(18)32-22(25)28/h2-5,10-12,17H,6-9,13-14H2,1H3. The van der Waals surface area contributed by atoms with Gasteiger partial charge in [-0.2, -0.15) is 0 Å². The number of nitrogens with zero attached hydrogens (tertiary/aromatic N) is 3. The van der Waals surface area contributed by atoms with Crippen LogP contribution in [-0.2, 0) is 20.8 Å². The molecule has 3 heterocycles. The lowest BCUT2D eigenvalue weighted by molar-refractivity contribution is -0.140. The number of ether oxygens (including phenoxy) is 3. The number of hydrogen-bond donors (Lipinski definition) is 0. The molecule has 1 atom stereocenters. The van der Waals surface area contributed by atoms with Gasteiger partial charge in [-0.25, -0.2) is 9.59 Å². The fraction of sp³-hybridized carbons (Fsp3) is 0.364. The van der Waals surface area contributed by atoms with Crippen LogP contribution in [0.15, 0.2) is 51.9 Å². The van der Waals surface area contributed by atoms with Gasteiger partial charge in [0, 0.05) is 25.7 Å². The molecule has 168 valence electrons. The Bertz CT molecular complexity index is 1170. The maximum atomic E-state index is 12.7. The van der Waals surface area contributed by atoms with E-state index in [1.54, 1.807) is 23.1 Å². The third-order valence-electron chi connectivity index (χ3n) is 5.18. The number of hydrogen-bond acceptors (Lipinski definition) is 8. The van der Waals surface area contributed by atoms with E-state index in [0.29, 0.717) is 36.5 Å². The monoisotopic (exact) mass is 441 g/mol. The van der Waals surface area contributed by atoms with Crippen molar-refractivity contribution in [1.29, 1.82) is 0 Å². The lowest BCUT2D eigenvalue weighted by Gasteiger charge is -2.33. The zero-order valence-electron chi connectivity index (χ0n) is 17.6. The van der Waals surface area contributed by atoms with E-state index in [4.69, 9.17) is 13.9 Å². The molecule has 1 aromatic carbocycles. The second-order valence-corrected chi connectivity index (χ2v) is 7.28. The van der Waals surface area contributed by atoms with E-state index in [0.717, 1.165) is 0 Å². The quantitative estimate of drug-likeness (QED) is 0.507. The maximum absolute atomic E-state index is 12.7. The zero-order chi connectivity index (χ0) is 22.5. The minimum atomic E-state index is -0.502. The van der Waals surface area contributed by atoms with Crippen molar-refractivity contribution in [3.63, 3.8) is 0 Å². The van der Waals surface area contributed by atoms with Crippen LogP contribution in [0, 0.1) is 0 Å². The molecule has 10 nitrogen and oxygen atoms in total. The molecule has 0 saturated carbocycles. The third kappa shape index (κ3) is 4.80. The van der Waals surface area contributed by atoms with Gasteiger partial charge in [-0.3, -0.25) is 14.3 Å². The van der Waals surface area contributed by atoms with E-state index in [9.17, 15) is 14.4 Å². The summed E-state index contributed by atoms with van der Waals surface area (Å²) in [6, 6.07) is 8.66. The van der Waals surface area contributed by atoms with E-state index < -0.39 is 11.7 Å². The lowest BCUT2D eigenvalue weighted by atomic mass is 10.2. The topological polar surface area (TPSA) is 113 Å². The Balaban J connectivity index is 1.31. The van der Waals surface area contributed by atoms with Crippen molar-refractivity contribution in [2.24, 2.45) is 0 Å². The van der Waals surface area contributed by atoms with E-state index in [1.807, 2.05) is 6.07 Å². The molecule has 1 unspecified atom stereocenters. The molecule has 0 spiro atoms. The Kier molecular flexibility index (Phi) is 6.50. The van der Waals surface area contributed by atoms with Crippen LogP contribution < -0.4 is 10.5 Å². The number of amides is 1. The second kappa shape index (κ2) is 9.65. The largest absolute Gasteiger partial charge is 0.489 e. The van der Waals surface area contributed by atoms with Crippen LogP contribution >= 0.6 is 0 Å². The summed E-state index contributed by atoms with van der Waals surface area (Å²) in [4.78, 5) is 42.1. The minimum absolute atomic E-state index is 0.0789. The van der Waals surface area contributed by atoms with Gasteiger partial charge in [0.05, 0.1) is 37.5 Å². The summed E-state index contributed by atoms with van der Waals surface area (Å²) in [6.07, 6.45) is 2.73. The van der Waals surface area contributed by atoms with E-state index in [-0.39, 0.29) is 37.1 Å². The fourth-order valence-corrected chi connectivity index (χ4v) is 3.55. The number of methoxy groups -OCH3 is 1. The summed E-state index contributed by atoms with van der Waals surface area (Å²) in [6.45, 7) is 1.65. The summed E-state index contributed by atoms with van der Waals surface area (Å²) < 4.78 is 22.8. The molecule has 1 amide bonds. The first kappa shape index (κ1) is 21.6. The summed E-state index contributed by atoms with van der Waals surface area (Å²) in [5.41, 5.74) is 1.45. The van der Waals surface area contributed by atoms with Gasteiger partial charge in [0.25, 0.3) is 0 Å². The molecular weight excluding hydrogens is 418 g/mol. The minimum Gasteiger partial charge on any atom is -0.489 e. The number of fused-ring (bicyclic) bond motifs is 1. The third-order valence-corrected chi connectivity index (χ3v) is 5.18. The second-order valence-electron chi connectivity index (χ2n) is 7.28. The number of benzene rings is 1. The molecule has 2 aromatic heterocycles. The van der Waals surface area contributed by atoms with Crippen molar-refractivity contribution in [3.8, 4) is 5.75 Å². The first-order chi connectivity index (χ1) is 15.5.